The van der Waals surface area contributed by atoms with E-state index in [1.165, 1.54) is 6.07 Å². The van der Waals surface area contributed by atoms with Crippen molar-refractivity contribution in [3.05, 3.63) is 80.5 Å². The van der Waals surface area contributed by atoms with Gasteiger partial charge in [-0.15, -0.1) is 0 Å². The predicted molar refractivity (Wildman–Crippen MR) is 124 cm³/mol. The molecule has 4 rings (SSSR count). The number of benzene rings is 2. The van der Waals surface area contributed by atoms with E-state index in [1.54, 1.807) is 31.2 Å². The van der Waals surface area contributed by atoms with Crippen LogP contribution in [0.25, 0.3) is 17.0 Å². The maximum absolute atomic E-state index is 12.6. The molecule has 0 unspecified atom stereocenters. The highest BCUT2D eigenvalue weighted by molar-refractivity contribution is 8.18. The fourth-order valence-corrected chi connectivity index (χ4v) is 4.31. The number of carbonyl (C=O) groups excluding carboxylic acids is 3. The van der Waals surface area contributed by atoms with Gasteiger partial charge in [0.25, 0.3) is 11.1 Å². The second-order valence-corrected chi connectivity index (χ2v) is 8.50. The van der Waals surface area contributed by atoms with Crippen molar-refractivity contribution < 1.29 is 18.8 Å². The van der Waals surface area contributed by atoms with Gasteiger partial charge in [0, 0.05) is 36.2 Å². The summed E-state index contributed by atoms with van der Waals surface area (Å²) in [5.74, 6) is -0.765. The summed E-state index contributed by atoms with van der Waals surface area (Å²) in [6.07, 6.45) is 1.63. The number of nitrogens with one attached hydrogen (secondary N) is 1. The molecule has 1 aromatic heterocycles. The summed E-state index contributed by atoms with van der Waals surface area (Å²) in [7, 11) is 0. The number of hydrogen-bond donors (Lipinski definition) is 1. The van der Waals surface area contributed by atoms with Crippen molar-refractivity contribution in [1.29, 1.82) is 0 Å². The van der Waals surface area contributed by atoms with Gasteiger partial charge in [-0.25, -0.2) is 4.79 Å². The number of nitrogens with zero attached hydrogens (tertiary/aromatic N) is 1. The molecule has 1 aliphatic heterocycles. The predicted octanol–water partition coefficient (Wildman–Crippen LogP) is 4.47. The summed E-state index contributed by atoms with van der Waals surface area (Å²) in [5.41, 5.74) is 3.05. The van der Waals surface area contributed by atoms with Crippen LogP contribution in [-0.2, 0) is 9.59 Å². The number of carbonyl (C=O) groups is 3. The maximum atomic E-state index is 12.6. The maximum Gasteiger partial charge on any atom is 0.336 e. The molecule has 1 aliphatic rings. The zero-order valence-corrected chi connectivity index (χ0v) is 18.3. The van der Waals surface area contributed by atoms with Crippen LogP contribution in [0.4, 0.5) is 10.5 Å². The molecule has 3 amide bonds. The molecule has 2 aromatic carbocycles. The molecule has 32 heavy (non-hydrogen) atoms. The van der Waals surface area contributed by atoms with Gasteiger partial charge < -0.3 is 9.73 Å². The number of imide groups is 1. The second-order valence-electron chi connectivity index (χ2n) is 7.51. The average Bonchev–Trinajstić information content (AvgIpc) is 2.98. The van der Waals surface area contributed by atoms with E-state index in [-0.39, 0.29) is 18.9 Å². The summed E-state index contributed by atoms with van der Waals surface area (Å²) in [5, 5.41) is 3.09. The van der Waals surface area contributed by atoms with Gasteiger partial charge in [-0.1, -0.05) is 29.8 Å². The number of fused-ring (bicyclic) bond motifs is 1. The molecule has 162 valence electrons. The highest BCUT2D eigenvalue weighted by Gasteiger charge is 2.35. The molecule has 0 spiro atoms. The third kappa shape index (κ3) is 4.65. The van der Waals surface area contributed by atoms with Crippen molar-refractivity contribution in [3.8, 4) is 0 Å². The largest absolute Gasteiger partial charge is 0.423 e. The standard InChI is InChI=1S/C24H20N2O5S/c1-14-4-3-5-16(10-14)12-20-23(29)26(24(30)32-20)9-8-21(27)25-17-6-7-18-15(2)11-22(28)31-19(18)13-17/h3-7,10-13H,8-9H2,1-2H3,(H,25,27)/b20-12-. The lowest BCUT2D eigenvalue weighted by Gasteiger charge is -2.12. The van der Waals surface area contributed by atoms with E-state index in [9.17, 15) is 19.2 Å². The van der Waals surface area contributed by atoms with Crippen molar-refractivity contribution in [2.45, 2.75) is 20.3 Å². The van der Waals surface area contributed by atoms with E-state index < -0.39 is 16.8 Å². The van der Waals surface area contributed by atoms with E-state index in [0.29, 0.717) is 16.2 Å². The Labute approximate surface area is 188 Å². The van der Waals surface area contributed by atoms with Gasteiger partial charge in [-0.2, -0.15) is 0 Å². The summed E-state index contributed by atoms with van der Waals surface area (Å²) >= 11 is 0.867. The lowest BCUT2D eigenvalue weighted by Crippen LogP contribution is -2.31. The van der Waals surface area contributed by atoms with Crippen LogP contribution in [0.15, 0.2) is 62.6 Å². The van der Waals surface area contributed by atoms with Crippen LogP contribution in [0.2, 0.25) is 0 Å². The van der Waals surface area contributed by atoms with Crippen LogP contribution in [0, 0.1) is 13.8 Å². The Morgan fingerprint density at radius 3 is 2.69 bits per heavy atom. The number of thioether (sulfide) groups is 1. The van der Waals surface area contributed by atoms with Crippen molar-refractivity contribution in [1.82, 2.24) is 4.90 Å². The van der Waals surface area contributed by atoms with Crippen LogP contribution in [0.1, 0.15) is 23.1 Å². The molecule has 1 fully saturated rings. The molecular weight excluding hydrogens is 428 g/mol. The smallest absolute Gasteiger partial charge is 0.336 e. The Morgan fingerprint density at radius 1 is 1.09 bits per heavy atom. The number of aryl methyl sites for hydroxylation is 2. The first-order chi connectivity index (χ1) is 15.3. The minimum absolute atomic E-state index is 0.0244. The molecule has 0 bridgehead atoms. The molecule has 0 atom stereocenters. The minimum atomic E-state index is -0.462. The first-order valence-corrected chi connectivity index (χ1v) is 10.8. The molecule has 1 N–H and O–H groups in total. The monoisotopic (exact) mass is 448 g/mol. The zero-order valence-electron chi connectivity index (χ0n) is 17.5. The summed E-state index contributed by atoms with van der Waals surface area (Å²) in [6.45, 7) is 3.73. The SMILES string of the molecule is Cc1cccc(/C=C2\SC(=O)N(CCC(=O)Nc3ccc4c(C)cc(=O)oc4c3)C2=O)c1. The summed E-state index contributed by atoms with van der Waals surface area (Å²) in [4.78, 5) is 50.3. The number of amides is 3. The Kier molecular flexibility index (Phi) is 5.96. The summed E-state index contributed by atoms with van der Waals surface area (Å²) < 4.78 is 5.19. The highest BCUT2D eigenvalue weighted by Crippen LogP contribution is 2.32. The quantitative estimate of drug-likeness (QED) is 0.457. The zero-order chi connectivity index (χ0) is 22.8. The molecule has 2 heterocycles. The van der Waals surface area contributed by atoms with Crippen molar-refractivity contribution in [3.63, 3.8) is 0 Å². The van der Waals surface area contributed by atoms with E-state index in [0.717, 1.165) is 38.7 Å². The Balaban J connectivity index is 1.40. The topological polar surface area (TPSA) is 96.7 Å². The van der Waals surface area contributed by atoms with E-state index in [2.05, 4.69) is 5.32 Å². The molecular formula is C24H20N2O5S. The molecule has 7 nitrogen and oxygen atoms in total. The third-order valence-electron chi connectivity index (χ3n) is 5.01. The van der Waals surface area contributed by atoms with Crippen LogP contribution in [0.3, 0.4) is 0 Å². The lowest BCUT2D eigenvalue weighted by molar-refractivity contribution is -0.123. The van der Waals surface area contributed by atoms with Gasteiger partial charge in [0.15, 0.2) is 0 Å². The van der Waals surface area contributed by atoms with Gasteiger partial charge in [0.2, 0.25) is 5.91 Å². The third-order valence-corrected chi connectivity index (χ3v) is 5.92. The van der Waals surface area contributed by atoms with Crippen LogP contribution >= 0.6 is 11.8 Å². The van der Waals surface area contributed by atoms with Gasteiger partial charge in [0.05, 0.1) is 4.91 Å². The summed E-state index contributed by atoms with van der Waals surface area (Å²) in [6, 6.07) is 14.1. The Hall–Kier alpha value is -3.65. The van der Waals surface area contributed by atoms with E-state index in [1.807, 2.05) is 31.2 Å². The first-order valence-electron chi connectivity index (χ1n) is 9.96. The minimum Gasteiger partial charge on any atom is -0.423 e. The molecule has 0 aliphatic carbocycles. The number of rotatable bonds is 5. The van der Waals surface area contributed by atoms with Crippen LogP contribution in [0.5, 0.6) is 0 Å². The average molecular weight is 449 g/mol. The second kappa shape index (κ2) is 8.84. The van der Waals surface area contributed by atoms with E-state index in [4.69, 9.17) is 4.42 Å². The molecule has 0 saturated carbocycles. The lowest BCUT2D eigenvalue weighted by atomic mass is 10.1. The number of hydrogen-bond acceptors (Lipinski definition) is 6. The molecule has 1 saturated heterocycles. The highest BCUT2D eigenvalue weighted by atomic mass is 32.2. The Morgan fingerprint density at radius 2 is 1.91 bits per heavy atom. The fraction of sp³-hybridized carbons (Fsp3) is 0.167. The van der Waals surface area contributed by atoms with Gasteiger partial charge in [-0.05, 0) is 54.9 Å². The van der Waals surface area contributed by atoms with E-state index >= 15 is 0 Å². The van der Waals surface area contributed by atoms with Crippen molar-refractivity contribution >= 4 is 51.5 Å². The van der Waals surface area contributed by atoms with Gasteiger partial charge in [0.1, 0.15) is 5.58 Å². The van der Waals surface area contributed by atoms with Crippen molar-refractivity contribution in [2.24, 2.45) is 0 Å². The molecule has 3 aromatic rings. The van der Waals surface area contributed by atoms with Crippen LogP contribution in [-0.4, -0.2) is 28.5 Å². The Bertz CT molecular complexity index is 1340. The normalized spacial score (nSPS) is 15.1. The van der Waals surface area contributed by atoms with Crippen LogP contribution < -0.4 is 10.9 Å². The molecule has 8 heteroatoms. The molecule has 0 radical (unpaired) electrons. The number of anilines is 1. The van der Waals surface area contributed by atoms with Gasteiger partial charge >= 0.3 is 5.63 Å². The van der Waals surface area contributed by atoms with Crippen molar-refractivity contribution in [2.75, 3.05) is 11.9 Å². The fourth-order valence-electron chi connectivity index (χ4n) is 3.44. The first kappa shape index (κ1) is 21.6. The van der Waals surface area contributed by atoms with Gasteiger partial charge in [-0.3, -0.25) is 19.3 Å².